The molecule has 2 N–H and O–H groups in total. The van der Waals surface area contributed by atoms with Crippen LogP contribution in [-0.2, 0) is 13.0 Å². The van der Waals surface area contributed by atoms with Gasteiger partial charge in [0.1, 0.15) is 5.75 Å². The van der Waals surface area contributed by atoms with Crippen LogP contribution in [0.3, 0.4) is 0 Å². The SMILES string of the molecule is CCc1c(-c2cccs2)c(C(N)=O)c(C)n1Cc1ccccc1OC. The lowest BCUT2D eigenvalue weighted by atomic mass is 10.1. The molecule has 5 heteroatoms. The van der Waals surface area contributed by atoms with Crippen molar-refractivity contribution in [2.24, 2.45) is 5.73 Å². The largest absolute Gasteiger partial charge is 0.496 e. The van der Waals surface area contributed by atoms with Crippen LogP contribution in [-0.4, -0.2) is 17.6 Å². The summed E-state index contributed by atoms with van der Waals surface area (Å²) < 4.78 is 7.67. The predicted octanol–water partition coefficient (Wildman–Crippen LogP) is 4.24. The number of carbonyl (C=O) groups excluding carboxylic acids is 1. The summed E-state index contributed by atoms with van der Waals surface area (Å²) in [7, 11) is 1.67. The van der Waals surface area contributed by atoms with Crippen LogP contribution in [0.2, 0.25) is 0 Å². The van der Waals surface area contributed by atoms with Crippen molar-refractivity contribution in [2.75, 3.05) is 7.11 Å². The Kier molecular flexibility index (Phi) is 4.95. The van der Waals surface area contributed by atoms with Crippen molar-refractivity contribution in [1.82, 2.24) is 4.57 Å². The monoisotopic (exact) mass is 354 g/mol. The fraction of sp³-hybridized carbons (Fsp3) is 0.250. The highest BCUT2D eigenvalue weighted by Crippen LogP contribution is 2.36. The number of nitrogens with two attached hydrogens (primary N) is 1. The minimum Gasteiger partial charge on any atom is -0.496 e. The van der Waals surface area contributed by atoms with E-state index in [0.29, 0.717) is 12.1 Å². The quantitative estimate of drug-likeness (QED) is 0.720. The number of methoxy groups -OCH3 is 1. The summed E-state index contributed by atoms with van der Waals surface area (Å²) in [6.07, 6.45) is 0.816. The summed E-state index contributed by atoms with van der Waals surface area (Å²) in [6, 6.07) is 12.0. The fourth-order valence-electron chi connectivity index (χ4n) is 3.37. The van der Waals surface area contributed by atoms with Gasteiger partial charge in [0.15, 0.2) is 0 Å². The molecule has 0 fully saturated rings. The molecule has 0 bridgehead atoms. The van der Waals surface area contributed by atoms with Crippen LogP contribution in [0.1, 0.15) is 34.2 Å². The third kappa shape index (κ3) is 3.07. The molecule has 0 atom stereocenters. The van der Waals surface area contributed by atoms with Crippen molar-refractivity contribution in [1.29, 1.82) is 0 Å². The number of hydrogen-bond acceptors (Lipinski definition) is 3. The number of hydrogen-bond donors (Lipinski definition) is 1. The van der Waals surface area contributed by atoms with Crippen LogP contribution in [0.4, 0.5) is 0 Å². The highest BCUT2D eigenvalue weighted by Gasteiger charge is 2.24. The Hall–Kier alpha value is -2.53. The number of primary amides is 1. The number of benzene rings is 1. The predicted molar refractivity (Wildman–Crippen MR) is 102 cm³/mol. The molecule has 1 amide bonds. The zero-order chi connectivity index (χ0) is 18.0. The molecule has 3 aromatic rings. The first-order valence-corrected chi connectivity index (χ1v) is 9.13. The van der Waals surface area contributed by atoms with Gasteiger partial charge in [0, 0.05) is 27.4 Å². The van der Waals surface area contributed by atoms with Gasteiger partial charge in [-0.25, -0.2) is 0 Å². The number of carbonyl (C=O) groups is 1. The molecule has 25 heavy (non-hydrogen) atoms. The molecule has 4 nitrogen and oxygen atoms in total. The molecule has 2 aromatic heterocycles. The van der Waals surface area contributed by atoms with Crippen molar-refractivity contribution in [3.05, 3.63) is 64.3 Å². The minimum atomic E-state index is -0.380. The van der Waals surface area contributed by atoms with Crippen molar-refractivity contribution in [3.8, 4) is 16.2 Å². The maximum Gasteiger partial charge on any atom is 0.251 e. The smallest absolute Gasteiger partial charge is 0.251 e. The molecule has 1 aromatic carbocycles. The molecular weight excluding hydrogens is 332 g/mol. The zero-order valence-electron chi connectivity index (χ0n) is 14.7. The van der Waals surface area contributed by atoms with Crippen molar-refractivity contribution in [2.45, 2.75) is 26.8 Å². The summed E-state index contributed by atoms with van der Waals surface area (Å²) in [5.74, 6) is 0.463. The van der Waals surface area contributed by atoms with E-state index in [4.69, 9.17) is 10.5 Å². The van der Waals surface area contributed by atoms with Gasteiger partial charge in [-0.1, -0.05) is 31.2 Å². The molecule has 0 radical (unpaired) electrons. The number of thiophene rings is 1. The van der Waals surface area contributed by atoms with E-state index in [0.717, 1.165) is 39.6 Å². The van der Waals surface area contributed by atoms with Gasteiger partial charge in [0.05, 0.1) is 19.2 Å². The van der Waals surface area contributed by atoms with Crippen LogP contribution in [0.5, 0.6) is 5.75 Å². The average molecular weight is 354 g/mol. The number of ether oxygens (including phenoxy) is 1. The first-order valence-electron chi connectivity index (χ1n) is 8.26. The molecule has 0 aliphatic carbocycles. The Bertz CT molecular complexity index is 895. The average Bonchev–Trinajstić information content (AvgIpc) is 3.22. The van der Waals surface area contributed by atoms with Gasteiger partial charge < -0.3 is 15.0 Å². The summed E-state index contributed by atoms with van der Waals surface area (Å²) in [5, 5.41) is 2.02. The second-order valence-electron chi connectivity index (χ2n) is 5.88. The van der Waals surface area contributed by atoms with Gasteiger partial charge in [-0.15, -0.1) is 11.3 Å². The van der Waals surface area contributed by atoms with E-state index in [1.165, 1.54) is 0 Å². The van der Waals surface area contributed by atoms with E-state index < -0.39 is 0 Å². The van der Waals surface area contributed by atoms with E-state index in [1.54, 1.807) is 18.4 Å². The minimum absolute atomic E-state index is 0.380. The molecule has 0 saturated heterocycles. The molecule has 2 heterocycles. The van der Waals surface area contributed by atoms with Gasteiger partial charge in [0.25, 0.3) is 5.91 Å². The highest BCUT2D eigenvalue weighted by molar-refractivity contribution is 7.13. The van der Waals surface area contributed by atoms with Crippen molar-refractivity contribution < 1.29 is 9.53 Å². The fourth-order valence-corrected chi connectivity index (χ4v) is 4.17. The number of para-hydroxylation sites is 1. The van der Waals surface area contributed by atoms with E-state index >= 15 is 0 Å². The molecule has 0 aliphatic heterocycles. The number of rotatable bonds is 6. The third-order valence-corrected chi connectivity index (χ3v) is 5.39. The lowest BCUT2D eigenvalue weighted by Gasteiger charge is -2.14. The summed E-state index contributed by atoms with van der Waals surface area (Å²) in [5.41, 5.74) is 10.4. The van der Waals surface area contributed by atoms with E-state index in [1.807, 2.05) is 48.7 Å². The first-order chi connectivity index (χ1) is 12.1. The van der Waals surface area contributed by atoms with Crippen molar-refractivity contribution >= 4 is 17.2 Å². The van der Waals surface area contributed by atoms with Crippen LogP contribution >= 0.6 is 11.3 Å². The Balaban J connectivity index is 2.20. The molecule has 0 aliphatic rings. The number of amides is 1. The summed E-state index contributed by atoms with van der Waals surface area (Å²) >= 11 is 1.63. The molecule has 130 valence electrons. The molecule has 0 saturated carbocycles. The van der Waals surface area contributed by atoms with Gasteiger partial charge in [-0.3, -0.25) is 4.79 Å². The van der Waals surface area contributed by atoms with Crippen LogP contribution in [0.25, 0.3) is 10.4 Å². The van der Waals surface area contributed by atoms with Gasteiger partial charge in [-0.05, 0) is 30.9 Å². The summed E-state index contributed by atoms with van der Waals surface area (Å²) in [6.45, 7) is 4.71. The van der Waals surface area contributed by atoms with E-state index in [2.05, 4.69) is 11.5 Å². The highest BCUT2D eigenvalue weighted by atomic mass is 32.1. The topological polar surface area (TPSA) is 57.2 Å². The van der Waals surface area contributed by atoms with Crippen LogP contribution in [0.15, 0.2) is 41.8 Å². The Morgan fingerprint density at radius 2 is 2.00 bits per heavy atom. The second-order valence-corrected chi connectivity index (χ2v) is 6.82. The molecule has 3 rings (SSSR count). The lowest BCUT2D eigenvalue weighted by molar-refractivity contribution is 0.1000. The van der Waals surface area contributed by atoms with Gasteiger partial charge in [0.2, 0.25) is 0 Å². The third-order valence-electron chi connectivity index (χ3n) is 4.50. The van der Waals surface area contributed by atoms with E-state index in [9.17, 15) is 4.79 Å². The second kappa shape index (κ2) is 7.15. The maximum absolute atomic E-state index is 12.2. The normalized spacial score (nSPS) is 10.8. The zero-order valence-corrected chi connectivity index (χ0v) is 15.5. The molecular formula is C20H22N2O2S. The van der Waals surface area contributed by atoms with Gasteiger partial charge >= 0.3 is 0 Å². The van der Waals surface area contributed by atoms with E-state index in [-0.39, 0.29) is 5.91 Å². The van der Waals surface area contributed by atoms with Crippen molar-refractivity contribution in [3.63, 3.8) is 0 Å². The Morgan fingerprint density at radius 3 is 2.60 bits per heavy atom. The first kappa shape index (κ1) is 17.3. The molecule has 0 unspecified atom stereocenters. The van der Waals surface area contributed by atoms with Gasteiger partial charge in [-0.2, -0.15) is 0 Å². The molecule has 0 spiro atoms. The van der Waals surface area contributed by atoms with Crippen LogP contribution in [0, 0.1) is 6.92 Å². The Labute approximate surface area is 151 Å². The number of nitrogens with zero attached hydrogens (tertiary/aromatic N) is 1. The maximum atomic E-state index is 12.2. The standard InChI is InChI=1S/C20H22N2O2S/c1-4-15-19(17-10-7-11-25-17)18(20(21)23)13(2)22(15)12-14-8-5-6-9-16(14)24-3/h5-11H,4,12H2,1-3H3,(H2,21,23). The number of aromatic nitrogens is 1. The Morgan fingerprint density at radius 1 is 1.24 bits per heavy atom. The lowest BCUT2D eigenvalue weighted by Crippen LogP contribution is -2.13. The van der Waals surface area contributed by atoms with Crippen LogP contribution < -0.4 is 10.5 Å². The summed E-state index contributed by atoms with van der Waals surface area (Å²) in [4.78, 5) is 13.3.